The molecule has 0 aromatic rings. The summed E-state index contributed by atoms with van der Waals surface area (Å²) in [6, 6.07) is 0. The van der Waals surface area contributed by atoms with E-state index < -0.39 is 15.6 Å². The molecule has 0 atom stereocenters. The van der Waals surface area contributed by atoms with E-state index in [0.29, 0.717) is 0 Å². The summed E-state index contributed by atoms with van der Waals surface area (Å²) >= 11 is 0. The van der Waals surface area contributed by atoms with Crippen molar-refractivity contribution >= 4 is 28.1 Å². The van der Waals surface area contributed by atoms with Crippen molar-refractivity contribution in [2.45, 2.75) is 0 Å². The fourth-order valence-electron chi connectivity index (χ4n) is 0. The molecule has 0 spiro atoms. The Hall–Kier alpha value is 2.47. The molecule has 14 heteroatoms. The zero-order valence-corrected chi connectivity index (χ0v) is 14.0. The van der Waals surface area contributed by atoms with Gasteiger partial charge in [0, 0.05) is 0 Å². The fraction of sp³-hybridized carbons (Fsp3) is 0. The standard InChI is InChI=1S/ClH.H3N.2Na.2H3O4P/c;;;;2*1-5(2,3)4/h1H;1H3;;;2*(H3,1,2,3,4)/q;;2*+1;;/p-2. The first kappa shape index (κ1) is 36.0. The molecular weight excluding hydrogens is 285 g/mol. The second-order valence-electron chi connectivity index (χ2n) is 0.981. The topological polar surface area (TPSA) is 196 Å². The number of phosphoric acid groups is 2. The molecule has 0 saturated heterocycles. The van der Waals surface area contributed by atoms with Crippen LogP contribution in [0.1, 0.15) is 0 Å². The van der Waals surface area contributed by atoms with E-state index in [1.165, 1.54) is 0 Å². The first-order chi connectivity index (χ1) is 4.00. The minimum atomic E-state index is -4.89. The summed E-state index contributed by atoms with van der Waals surface area (Å²) in [7, 11) is -9.78. The van der Waals surface area contributed by atoms with Crippen LogP contribution in [0, 0.1) is 0 Å². The Kier molecular flexibility index (Phi) is 39.7. The second kappa shape index (κ2) is 15.5. The van der Waals surface area contributed by atoms with E-state index in [1.54, 1.807) is 0 Å². The zero-order valence-electron chi connectivity index (χ0n) is 7.43. The maximum absolute atomic E-state index is 8.77. The van der Waals surface area contributed by atoms with Crippen molar-refractivity contribution in [1.82, 2.24) is 6.15 Å². The summed E-state index contributed by atoms with van der Waals surface area (Å²) in [6.45, 7) is 0. The van der Waals surface area contributed by atoms with Crippen LogP contribution in [0.5, 0.6) is 0 Å². The summed E-state index contributed by atoms with van der Waals surface area (Å²) in [5, 5.41) is 0. The van der Waals surface area contributed by atoms with E-state index in [0.717, 1.165) is 0 Å². The third-order valence-corrected chi connectivity index (χ3v) is 0. The SMILES string of the molecule is Cl.N.O=P([O-])(O)O.O=P([O-])(O)O.[Na+].[Na+]. The number of halogens is 1. The molecule has 0 bridgehead atoms. The van der Waals surface area contributed by atoms with Crippen molar-refractivity contribution in [3.05, 3.63) is 0 Å². The van der Waals surface area contributed by atoms with Gasteiger partial charge in [0.2, 0.25) is 0 Å². The molecule has 0 aromatic heterocycles. The number of hydrogen-bond acceptors (Lipinski definition) is 5. The summed E-state index contributed by atoms with van der Waals surface area (Å²) < 4.78 is 17.5. The third kappa shape index (κ3) is 430. The molecule has 0 aliphatic heterocycles. The van der Waals surface area contributed by atoms with Crippen LogP contribution in [0.2, 0.25) is 0 Å². The third-order valence-electron chi connectivity index (χ3n) is 0. The Morgan fingerprint density at radius 1 is 0.786 bits per heavy atom. The van der Waals surface area contributed by atoms with Gasteiger partial charge in [0.25, 0.3) is 15.6 Å². The largest absolute Gasteiger partial charge is 1.00 e. The molecule has 0 saturated carbocycles. The van der Waals surface area contributed by atoms with Gasteiger partial charge in [-0.25, -0.2) is 0 Å². The molecule has 9 nitrogen and oxygen atoms in total. The summed E-state index contributed by atoms with van der Waals surface area (Å²) in [5.41, 5.74) is 0. The Labute approximate surface area is 130 Å². The van der Waals surface area contributed by atoms with Crippen LogP contribution in [0.4, 0.5) is 0 Å². The number of hydrogen-bond donors (Lipinski definition) is 5. The fourth-order valence-corrected chi connectivity index (χ4v) is 0. The van der Waals surface area contributed by atoms with Crippen LogP contribution in [-0.2, 0) is 9.13 Å². The smallest absolute Gasteiger partial charge is 0.756 e. The van der Waals surface area contributed by atoms with Crippen molar-refractivity contribution in [3.63, 3.8) is 0 Å². The van der Waals surface area contributed by atoms with Gasteiger partial charge < -0.3 is 35.5 Å². The molecule has 0 aromatic carbocycles. The van der Waals surface area contributed by atoms with Gasteiger partial charge in [-0.1, -0.05) is 0 Å². The first-order valence-electron chi connectivity index (χ1n) is 1.53. The summed E-state index contributed by atoms with van der Waals surface area (Å²) in [4.78, 5) is 45.8. The van der Waals surface area contributed by atoms with Gasteiger partial charge in [0.05, 0.1) is 0 Å². The molecule has 0 unspecified atom stereocenters. The van der Waals surface area contributed by atoms with Crippen LogP contribution in [-0.4, -0.2) is 19.6 Å². The van der Waals surface area contributed by atoms with Crippen LogP contribution < -0.4 is 75.1 Å². The van der Waals surface area contributed by atoms with E-state index in [9.17, 15) is 0 Å². The van der Waals surface area contributed by atoms with Gasteiger partial charge in [-0.3, -0.25) is 9.13 Å². The van der Waals surface area contributed by atoms with Gasteiger partial charge in [0.1, 0.15) is 0 Å². The molecule has 0 heterocycles. The van der Waals surface area contributed by atoms with Gasteiger partial charge in [0.15, 0.2) is 0 Å². The average molecular weight is 293 g/mol. The maximum atomic E-state index is 8.77. The minimum absolute atomic E-state index is 0. The molecule has 14 heavy (non-hydrogen) atoms. The van der Waals surface area contributed by atoms with Crippen LogP contribution in [0.15, 0.2) is 0 Å². The van der Waals surface area contributed by atoms with Crippen molar-refractivity contribution in [2.24, 2.45) is 0 Å². The predicted octanol–water partition coefficient (Wildman–Crippen LogP) is -8.53. The van der Waals surface area contributed by atoms with Crippen LogP contribution in [0.3, 0.4) is 0 Å². The Morgan fingerprint density at radius 3 is 0.786 bits per heavy atom. The van der Waals surface area contributed by atoms with E-state index in [-0.39, 0.29) is 77.7 Å². The van der Waals surface area contributed by atoms with Gasteiger partial charge >= 0.3 is 59.1 Å². The molecule has 0 amide bonds. The van der Waals surface area contributed by atoms with E-state index in [4.69, 9.17) is 38.5 Å². The quantitative estimate of drug-likeness (QED) is 0.212. The minimum Gasteiger partial charge on any atom is -0.756 e. The van der Waals surface area contributed by atoms with Crippen molar-refractivity contribution in [3.8, 4) is 0 Å². The molecule has 0 rings (SSSR count). The van der Waals surface area contributed by atoms with E-state index in [2.05, 4.69) is 0 Å². The zero-order chi connectivity index (χ0) is 9.00. The van der Waals surface area contributed by atoms with Gasteiger partial charge in [-0.05, 0) is 0 Å². The summed E-state index contributed by atoms with van der Waals surface area (Å²) in [5.74, 6) is 0. The molecule has 80 valence electrons. The Morgan fingerprint density at radius 2 is 0.786 bits per heavy atom. The molecule has 7 N–H and O–H groups in total. The molecular formula is H8ClNNa2O8P2. The van der Waals surface area contributed by atoms with Gasteiger partial charge in [-0.15, -0.1) is 12.4 Å². The predicted molar refractivity (Wildman–Crippen MR) is 36.4 cm³/mol. The maximum Gasteiger partial charge on any atom is 1.00 e. The van der Waals surface area contributed by atoms with E-state index >= 15 is 0 Å². The van der Waals surface area contributed by atoms with Crippen molar-refractivity contribution in [2.75, 3.05) is 0 Å². The van der Waals surface area contributed by atoms with Crippen LogP contribution in [0.25, 0.3) is 0 Å². The molecule has 0 aliphatic carbocycles. The van der Waals surface area contributed by atoms with Crippen LogP contribution >= 0.6 is 28.1 Å². The Balaban J connectivity index is -0.0000000178. The Bertz CT molecular complexity index is 138. The van der Waals surface area contributed by atoms with E-state index in [1.807, 2.05) is 0 Å². The van der Waals surface area contributed by atoms with Crippen molar-refractivity contribution < 1.29 is 97.6 Å². The normalized spacial score (nSPS) is 8.43. The molecule has 0 aliphatic rings. The monoisotopic (exact) mass is 293 g/mol. The van der Waals surface area contributed by atoms with Gasteiger partial charge in [-0.2, -0.15) is 0 Å². The first-order valence-corrected chi connectivity index (χ1v) is 4.59. The van der Waals surface area contributed by atoms with Crippen molar-refractivity contribution in [1.29, 1.82) is 0 Å². The second-order valence-corrected chi connectivity index (χ2v) is 2.94. The molecule has 0 radical (unpaired) electrons. The number of rotatable bonds is 0. The summed E-state index contributed by atoms with van der Waals surface area (Å²) in [6.07, 6.45) is 0. The average Bonchev–Trinajstić information content (AvgIpc) is 1.12. The molecule has 0 fully saturated rings.